The molecule has 0 saturated heterocycles. The molecule has 1 aromatic carbocycles. The highest BCUT2D eigenvalue weighted by molar-refractivity contribution is 5.78. The van der Waals surface area contributed by atoms with Gasteiger partial charge in [-0.1, -0.05) is 31.2 Å². The molecule has 3 nitrogen and oxygen atoms in total. The zero-order valence-electron chi connectivity index (χ0n) is 9.03. The number of aliphatic imine (C=N–C) groups is 1. The third-order valence-corrected chi connectivity index (χ3v) is 2.78. The third kappa shape index (κ3) is 2.29. The van der Waals surface area contributed by atoms with E-state index >= 15 is 0 Å². The lowest BCUT2D eigenvalue weighted by molar-refractivity contribution is 0.568. The van der Waals surface area contributed by atoms with E-state index in [-0.39, 0.29) is 0 Å². The molecule has 2 rings (SSSR count). The van der Waals surface area contributed by atoms with Crippen LogP contribution in [-0.2, 0) is 6.42 Å². The number of nitrogens with two attached hydrogens (primary N) is 1. The van der Waals surface area contributed by atoms with E-state index in [9.17, 15) is 0 Å². The highest BCUT2D eigenvalue weighted by atomic mass is 15.1. The van der Waals surface area contributed by atoms with E-state index in [1.54, 1.807) is 0 Å². The van der Waals surface area contributed by atoms with Gasteiger partial charge in [0.15, 0.2) is 5.96 Å². The summed E-state index contributed by atoms with van der Waals surface area (Å²) in [7, 11) is 0. The van der Waals surface area contributed by atoms with Crippen LogP contribution in [0.15, 0.2) is 29.3 Å². The second-order valence-corrected chi connectivity index (χ2v) is 3.85. The first-order chi connectivity index (χ1) is 7.29. The number of hydrogen-bond donors (Lipinski definition) is 2. The average molecular weight is 203 g/mol. The number of benzene rings is 1. The average Bonchev–Trinajstić information content (AvgIpc) is 2.29. The van der Waals surface area contributed by atoms with Crippen molar-refractivity contribution in [1.29, 1.82) is 0 Å². The number of guanidine groups is 1. The van der Waals surface area contributed by atoms with E-state index in [2.05, 4.69) is 41.5 Å². The third-order valence-electron chi connectivity index (χ3n) is 2.78. The van der Waals surface area contributed by atoms with Gasteiger partial charge in [0.25, 0.3) is 0 Å². The topological polar surface area (TPSA) is 50.4 Å². The fourth-order valence-electron chi connectivity index (χ4n) is 1.89. The van der Waals surface area contributed by atoms with Crippen molar-refractivity contribution in [2.45, 2.75) is 25.8 Å². The van der Waals surface area contributed by atoms with Crippen LogP contribution in [0.5, 0.6) is 0 Å². The van der Waals surface area contributed by atoms with Gasteiger partial charge in [-0.25, -0.2) is 0 Å². The summed E-state index contributed by atoms with van der Waals surface area (Å²) in [6, 6.07) is 8.99. The molecule has 0 aromatic heterocycles. The molecule has 3 heteroatoms. The predicted octanol–water partition coefficient (Wildman–Crippen LogP) is 1.60. The lowest BCUT2D eigenvalue weighted by Gasteiger charge is -2.23. The van der Waals surface area contributed by atoms with Gasteiger partial charge in [0, 0.05) is 6.54 Å². The molecule has 0 fully saturated rings. The van der Waals surface area contributed by atoms with Crippen molar-refractivity contribution in [3.8, 4) is 0 Å². The minimum atomic E-state index is 0.328. The van der Waals surface area contributed by atoms with E-state index < -0.39 is 0 Å². The molecule has 1 aliphatic heterocycles. The molecule has 0 radical (unpaired) electrons. The van der Waals surface area contributed by atoms with Gasteiger partial charge in [-0.15, -0.1) is 0 Å². The van der Waals surface area contributed by atoms with Gasteiger partial charge in [0.05, 0.1) is 6.04 Å². The minimum Gasteiger partial charge on any atom is -0.370 e. The summed E-state index contributed by atoms with van der Waals surface area (Å²) in [5.41, 5.74) is 8.35. The molecule has 0 bridgehead atoms. The first kappa shape index (κ1) is 10.0. The Labute approximate surface area is 90.4 Å². The van der Waals surface area contributed by atoms with E-state index in [0.717, 1.165) is 19.4 Å². The van der Waals surface area contributed by atoms with E-state index in [1.807, 2.05) is 0 Å². The fourth-order valence-corrected chi connectivity index (χ4v) is 1.89. The van der Waals surface area contributed by atoms with Crippen molar-refractivity contribution in [2.75, 3.05) is 6.54 Å². The van der Waals surface area contributed by atoms with Crippen molar-refractivity contribution >= 4 is 5.96 Å². The maximum atomic E-state index is 5.67. The normalized spacial score (nSPS) is 20.6. The van der Waals surface area contributed by atoms with Crippen molar-refractivity contribution in [3.63, 3.8) is 0 Å². The maximum absolute atomic E-state index is 5.67. The van der Waals surface area contributed by atoms with Crippen molar-refractivity contribution in [1.82, 2.24) is 5.32 Å². The standard InChI is InChI=1S/C12H17N3/c1-2-9-4-3-5-10(8-9)11-6-7-14-12(13)15-11/h3-5,8,11H,2,6-7H2,1H3,(H3,13,14,15). The smallest absolute Gasteiger partial charge is 0.189 e. The predicted molar refractivity (Wildman–Crippen MR) is 62.8 cm³/mol. The highest BCUT2D eigenvalue weighted by Gasteiger charge is 2.15. The Bertz CT molecular complexity index is 371. The summed E-state index contributed by atoms with van der Waals surface area (Å²) in [5, 5.41) is 3.21. The quantitative estimate of drug-likeness (QED) is 0.767. The van der Waals surface area contributed by atoms with Crippen LogP contribution >= 0.6 is 0 Å². The number of hydrogen-bond acceptors (Lipinski definition) is 3. The molecule has 1 aromatic rings. The largest absolute Gasteiger partial charge is 0.370 e. The molecule has 3 N–H and O–H groups in total. The summed E-state index contributed by atoms with van der Waals surface area (Å²) >= 11 is 0. The SMILES string of the molecule is CCc1cccc(C2CCN=C(N)N2)c1. The second kappa shape index (κ2) is 4.34. The van der Waals surface area contributed by atoms with Gasteiger partial charge in [0.2, 0.25) is 0 Å². The van der Waals surface area contributed by atoms with Gasteiger partial charge in [-0.05, 0) is 24.0 Å². The molecule has 1 aliphatic rings. The molecule has 0 spiro atoms. The van der Waals surface area contributed by atoms with E-state index in [4.69, 9.17) is 5.73 Å². The van der Waals surface area contributed by atoms with Gasteiger partial charge in [-0.2, -0.15) is 0 Å². The zero-order chi connectivity index (χ0) is 10.7. The Morgan fingerprint density at radius 2 is 2.40 bits per heavy atom. The number of rotatable bonds is 2. The Kier molecular flexibility index (Phi) is 2.90. The Hall–Kier alpha value is -1.51. The van der Waals surface area contributed by atoms with Crippen LogP contribution in [0.1, 0.15) is 30.5 Å². The van der Waals surface area contributed by atoms with Crippen LogP contribution < -0.4 is 11.1 Å². The van der Waals surface area contributed by atoms with Gasteiger partial charge < -0.3 is 11.1 Å². The molecule has 1 heterocycles. The van der Waals surface area contributed by atoms with Crippen LogP contribution in [0.4, 0.5) is 0 Å². The van der Waals surface area contributed by atoms with Crippen molar-refractivity contribution in [2.24, 2.45) is 10.7 Å². The van der Waals surface area contributed by atoms with Crippen LogP contribution in [0.3, 0.4) is 0 Å². The summed E-state index contributed by atoms with van der Waals surface area (Å²) in [6.45, 7) is 2.99. The zero-order valence-corrected chi connectivity index (χ0v) is 9.03. The van der Waals surface area contributed by atoms with Gasteiger partial charge in [0.1, 0.15) is 0 Å². The molecular weight excluding hydrogens is 186 g/mol. The minimum absolute atomic E-state index is 0.328. The molecule has 0 saturated carbocycles. The van der Waals surface area contributed by atoms with Gasteiger partial charge >= 0.3 is 0 Å². The Morgan fingerprint density at radius 3 is 3.13 bits per heavy atom. The van der Waals surface area contributed by atoms with Crippen LogP contribution in [0.2, 0.25) is 0 Å². The van der Waals surface area contributed by atoms with Crippen LogP contribution in [0, 0.1) is 0 Å². The fraction of sp³-hybridized carbons (Fsp3) is 0.417. The monoisotopic (exact) mass is 203 g/mol. The summed E-state index contributed by atoms with van der Waals surface area (Å²) < 4.78 is 0. The molecule has 1 atom stereocenters. The maximum Gasteiger partial charge on any atom is 0.189 e. The summed E-state index contributed by atoms with van der Waals surface area (Å²) in [5.74, 6) is 0.563. The van der Waals surface area contributed by atoms with Crippen molar-refractivity contribution < 1.29 is 0 Å². The van der Waals surface area contributed by atoms with E-state index in [0.29, 0.717) is 12.0 Å². The Morgan fingerprint density at radius 1 is 1.53 bits per heavy atom. The van der Waals surface area contributed by atoms with Gasteiger partial charge in [-0.3, -0.25) is 4.99 Å². The second-order valence-electron chi connectivity index (χ2n) is 3.85. The highest BCUT2D eigenvalue weighted by Crippen LogP contribution is 2.20. The summed E-state index contributed by atoms with van der Waals surface area (Å²) in [6.07, 6.45) is 2.10. The number of nitrogens with one attached hydrogen (secondary N) is 1. The molecular formula is C12H17N3. The lowest BCUT2D eigenvalue weighted by Crippen LogP contribution is -2.38. The van der Waals surface area contributed by atoms with Crippen LogP contribution in [-0.4, -0.2) is 12.5 Å². The molecule has 0 aliphatic carbocycles. The molecule has 80 valence electrons. The number of aryl methyl sites for hydroxylation is 1. The number of nitrogens with zero attached hydrogens (tertiary/aromatic N) is 1. The molecule has 15 heavy (non-hydrogen) atoms. The first-order valence-electron chi connectivity index (χ1n) is 5.45. The van der Waals surface area contributed by atoms with Crippen molar-refractivity contribution in [3.05, 3.63) is 35.4 Å². The molecule has 1 unspecified atom stereocenters. The Balaban J connectivity index is 2.18. The first-order valence-corrected chi connectivity index (χ1v) is 5.45. The van der Waals surface area contributed by atoms with Crippen LogP contribution in [0.25, 0.3) is 0 Å². The lowest BCUT2D eigenvalue weighted by atomic mass is 10.00. The van der Waals surface area contributed by atoms with E-state index in [1.165, 1.54) is 11.1 Å². The summed E-state index contributed by atoms with van der Waals surface area (Å²) in [4.78, 5) is 4.13. The molecule has 0 amide bonds.